The number of alkyl halides is 3. The van der Waals surface area contributed by atoms with Gasteiger partial charge in [-0.1, -0.05) is 36.4 Å². The summed E-state index contributed by atoms with van der Waals surface area (Å²) >= 11 is 0. The summed E-state index contributed by atoms with van der Waals surface area (Å²) in [5, 5.41) is 17.4. The van der Waals surface area contributed by atoms with E-state index in [2.05, 4.69) is 11.4 Å². The topological polar surface area (TPSA) is 121 Å². The van der Waals surface area contributed by atoms with Gasteiger partial charge in [0.05, 0.1) is 30.5 Å². The summed E-state index contributed by atoms with van der Waals surface area (Å²) in [7, 11) is 1.47. The lowest BCUT2D eigenvalue weighted by molar-refractivity contribution is -0.137. The smallest absolute Gasteiger partial charge is 0.380 e. The number of hydrogen-bond acceptors (Lipinski definition) is 6. The number of benzene rings is 3. The Labute approximate surface area is 278 Å². The number of halogens is 4. The second-order valence-corrected chi connectivity index (χ2v) is 11.8. The first kappa shape index (κ1) is 33.4. The van der Waals surface area contributed by atoms with Crippen LogP contribution in [0.1, 0.15) is 50.4 Å². The first-order valence-corrected chi connectivity index (χ1v) is 15.4. The molecule has 14 heteroatoms. The van der Waals surface area contributed by atoms with Gasteiger partial charge in [-0.05, 0) is 55.0 Å². The molecule has 2 aliphatic rings. The minimum Gasteiger partial charge on any atom is -0.380 e. The van der Waals surface area contributed by atoms with Crippen LogP contribution in [0.4, 0.5) is 23.4 Å². The summed E-state index contributed by atoms with van der Waals surface area (Å²) in [5.41, 5.74) is -0.475. The Kier molecular flexibility index (Phi) is 8.96. The molecule has 0 aliphatic carbocycles. The molecular weight excluding hydrogens is 644 g/mol. The Morgan fingerprint density at radius 3 is 2.37 bits per heavy atom. The number of para-hydroxylation sites is 1. The Hall–Kier alpha value is -5.55. The van der Waals surface area contributed by atoms with Gasteiger partial charge in [0.1, 0.15) is 23.7 Å². The fourth-order valence-electron chi connectivity index (χ4n) is 6.24. The van der Waals surface area contributed by atoms with Crippen molar-refractivity contribution >= 4 is 23.5 Å². The number of likely N-dealkylation sites (N-methyl/N-ethyl adjacent to an activating group) is 1. The summed E-state index contributed by atoms with van der Waals surface area (Å²) in [5.74, 6) is -4.01. The Morgan fingerprint density at radius 1 is 1.08 bits per heavy atom. The van der Waals surface area contributed by atoms with E-state index in [0.29, 0.717) is 17.3 Å². The number of anilines is 1. The number of aromatic nitrogens is 2. The van der Waals surface area contributed by atoms with Crippen LogP contribution in [0.2, 0.25) is 0 Å². The van der Waals surface area contributed by atoms with Gasteiger partial charge in [-0.2, -0.15) is 23.5 Å². The van der Waals surface area contributed by atoms with Gasteiger partial charge >= 0.3 is 6.18 Å². The molecule has 0 bridgehead atoms. The van der Waals surface area contributed by atoms with Crippen molar-refractivity contribution < 1.29 is 36.7 Å². The highest BCUT2D eigenvalue weighted by Crippen LogP contribution is 2.44. The molecule has 10 nitrogen and oxygen atoms in total. The number of ether oxygens (including phenoxy) is 1. The van der Waals surface area contributed by atoms with E-state index in [1.165, 1.54) is 39.7 Å². The average Bonchev–Trinajstić information content (AvgIpc) is 3.46. The lowest BCUT2D eigenvalue weighted by Gasteiger charge is -2.39. The van der Waals surface area contributed by atoms with Gasteiger partial charge in [0, 0.05) is 36.6 Å². The molecule has 6 rings (SSSR count). The first-order chi connectivity index (χ1) is 23.4. The molecule has 49 heavy (non-hydrogen) atoms. The molecule has 0 radical (unpaired) electrons. The number of carbonyl (C=O) groups excluding carboxylic acids is 3. The predicted octanol–water partition coefficient (Wildman–Crippen LogP) is 4.94. The molecule has 0 saturated carbocycles. The van der Waals surface area contributed by atoms with Crippen molar-refractivity contribution in [2.75, 3.05) is 31.7 Å². The highest BCUT2D eigenvalue weighted by molar-refractivity contribution is 6.07. The Morgan fingerprint density at radius 2 is 1.78 bits per heavy atom. The number of fused-ring (bicyclic) bond motifs is 1. The number of rotatable bonds is 8. The van der Waals surface area contributed by atoms with Crippen LogP contribution < -0.4 is 10.2 Å². The van der Waals surface area contributed by atoms with Crippen molar-refractivity contribution in [2.24, 2.45) is 5.92 Å². The zero-order valence-corrected chi connectivity index (χ0v) is 26.3. The Bertz CT molecular complexity index is 1940. The first-order valence-electron chi connectivity index (χ1n) is 15.4. The second-order valence-electron chi connectivity index (χ2n) is 11.8. The van der Waals surface area contributed by atoms with Gasteiger partial charge in [0.15, 0.2) is 5.69 Å². The molecule has 4 aromatic rings. The van der Waals surface area contributed by atoms with E-state index >= 15 is 0 Å². The van der Waals surface area contributed by atoms with Crippen LogP contribution in [0.25, 0.3) is 5.69 Å². The lowest BCUT2D eigenvalue weighted by atomic mass is 9.80. The van der Waals surface area contributed by atoms with Crippen molar-refractivity contribution in [3.8, 4) is 11.8 Å². The number of hydrogen-bond donors (Lipinski definition) is 1. The third kappa shape index (κ3) is 6.13. The zero-order chi connectivity index (χ0) is 35.0. The van der Waals surface area contributed by atoms with E-state index in [-0.39, 0.29) is 48.3 Å². The highest BCUT2D eigenvalue weighted by atomic mass is 19.4. The number of carbonyl (C=O) groups is 3. The third-order valence-corrected chi connectivity index (χ3v) is 8.80. The summed E-state index contributed by atoms with van der Waals surface area (Å²) < 4.78 is 61.5. The van der Waals surface area contributed by atoms with Gasteiger partial charge in [-0.15, -0.1) is 0 Å². The fourth-order valence-corrected chi connectivity index (χ4v) is 6.24. The number of nitrogens with one attached hydrogen (secondary N) is 1. The van der Waals surface area contributed by atoms with E-state index in [1.54, 1.807) is 37.3 Å². The van der Waals surface area contributed by atoms with E-state index in [0.717, 1.165) is 24.3 Å². The van der Waals surface area contributed by atoms with Crippen molar-refractivity contribution in [1.82, 2.24) is 20.0 Å². The predicted molar refractivity (Wildman–Crippen MR) is 168 cm³/mol. The third-order valence-electron chi connectivity index (χ3n) is 8.80. The maximum absolute atomic E-state index is 14.4. The second kappa shape index (κ2) is 13.2. The Balaban J connectivity index is 1.55. The van der Waals surface area contributed by atoms with Crippen LogP contribution in [0, 0.1) is 23.1 Å². The largest absolute Gasteiger partial charge is 0.416 e. The van der Waals surface area contributed by atoms with Crippen LogP contribution in [0.5, 0.6) is 0 Å². The minimum absolute atomic E-state index is 0.0557. The van der Waals surface area contributed by atoms with E-state index < -0.39 is 53.3 Å². The summed E-state index contributed by atoms with van der Waals surface area (Å²) in [6, 6.07) is 17.5. The zero-order valence-electron chi connectivity index (χ0n) is 26.3. The van der Waals surface area contributed by atoms with Crippen LogP contribution >= 0.6 is 0 Å². The monoisotopic (exact) mass is 674 g/mol. The van der Waals surface area contributed by atoms with E-state index in [4.69, 9.17) is 9.84 Å². The van der Waals surface area contributed by atoms with Gasteiger partial charge in [-0.3, -0.25) is 19.3 Å². The number of nitriles is 1. The molecule has 3 amide bonds. The number of nitrogens with zero attached hydrogens (tertiary/aromatic N) is 5. The van der Waals surface area contributed by atoms with Gasteiger partial charge in [0.25, 0.3) is 17.7 Å². The van der Waals surface area contributed by atoms with Crippen LogP contribution in [0.3, 0.4) is 0 Å². The fraction of sp³-hybridized carbons (Fsp3) is 0.286. The molecule has 0 spiro atoms. The normalized spacial score (nSPS) is 18.2. The standard InChI is InChI=1S/C35H30F4N6O4/c1-3-44-32-28(30(42-45(32)25-10-5-4-6-11-25)33(47)43(2)26(17-40)22-18-49-19-22)27(20-12-14-24(36)15-13-20)29(34(44)48)41-31(46)21-8-7-9-23(16-21)35(37,38)39/h4-16,22,26-27,29H,3,18-19H2,1-2H3,(H,41,46)/t26-,27+,29+/m1/s1. The maximum Gasteiger partial charge on any atom is 0.416 e. The SMILES string of the molecule is CCN1C(=O)[C@@H](NC(=O)c2cccc(C(F)(F)F)c2)[C@@H](c2ccc(F)cc2)c2c(C(=O)N(C)[C@H](C#N)C3COC3)nn(-c3ccccc3)c21. The summed E-state index contributed by atoms with van der Waals surface area (Å²) in [6.07, 6.45) is -4.72. The van der Waals surface area contributed by atoms with Gasteiger partial charge in [0.2, 0.25) is 0 Å². The molecular formula is C35H30F4N6O4. The molecule has 1 saturated heterocycles. The summed E-state index contributed by atoms with van der Waals surface area (Å²) in [4.78, 5) is 45.0. The molecule has 0 unspecified atom stereocenters. The molecule has 2 aliphatic heterocycles. The molecule has 3 heterocycles. The lowest BCUT2D eigenvalue weighted by Crippen LogP contribution is -2.56. The molecule has 3 aromatic carbocycles. The van der Waals surface area contributed by atoms with Crippen LogP contribution in [-0.2, 0) is 15.7 Å². The van der Waals surface area contributed by atoms with Crippen LogP contribution in [0.15, 0.2) is 78.9 Å². The molecule has 252 valence electrons. The summed E-state index contributed by atoms with van der Waals surface area (Å²) in [6.45, 7) is 2.31. The quantitative estimate of drug-likeness (QED) is 0.265. The van der Waals surface area contributed by atoms with Gasteiger partial charge < -0.3 is 15.0 Å². The van der Waals surface area contributed by atoms with Crippen molar-refractivity contribution in [3.05, 3.63) is 113 Å². The minimum atomic E-state index is -4.72. The van der Waals surface area contributed by atoms with Crippen LogP contribution in [-0.4, -0.2) is 71.3 Å². The highest BCUT2D eigenvalue weighted by Gasteiger charge is 2.48. The van der Waals surface area contributed by atoms with E-state index in [1.807, 2.05) is 0 Å². The maximum atomic E-state index is 14.4. The molecule has 1 aromatic heterocycles. The van der Waals surface area contributed by atoms with Crippen molar-refractivity contribution in [2.45, 2.75) is 31.1 Å². The van der Waals surface area contributed by atoms with E-state index in [9.17, 15) is 37.2 Å². The van der Waals surface area contributed by atoms with Crippen molar-refractivity contribution in [3.63, 3.8) is 0 Å². The van der Waals surface area contributed by atoms with Crippen molar-refractivity contribution in [1.29, 1.82) is 5.26 Å². The van der Waals surface area contributed by atoms with Gasteiger partial charge in [-0.25, -0.2) is 9.07 Å². The number of amides is 3. The molecule has 1 N–H and O–H groups in total. The molecule has 1 fully saturated rings. The average molecular weight is 675 g/mol. The molecule has 3 atom stereocenters.